The molecule has 104 valence electrons. The number of hydrogen-bond donors (Lipinski definition) is 1. The molecular formula is C17H14FN3. The van der Waals surface area contributed by atoms with Crippen molar-refractivity contribution in [3.05, 3.63) is 66.5 Å². The monoisotopic (exact) mass is 279 g/mol. The van der Waals surface area contributed by atoms with Crippen LogP contribution in [0.3, 0.4) is 0 Å². The summed E-state index contributed by atoms with van der Waals surface area (Å²) < 4.78 is 13.0. The fourth-order valence-corrected chi connectivity index (χ4v) is 2.06. The summed E-state index contributed by atoms with van der Waals surface area (Å²) in [4.78, 5) is 9.05. The SMILES string of the molecule is CNc1cc(-c2ccc(F)cc2)nc(-c2ccccc2)n1. The average Bonchev–Trinajstić information content (AvgIpc) is 2.56. The Labute approximate surface area is 122 Å². The van der Waals surface area contributed by atoms with Crippen LogP contribution in [0, 0.1) is 5.82 Å². The predicted molar refractivity (Wildman–Crippen MR) is 82.4 cm³/mol. The van der Waals surface area contributed by atoms with E-state index < -0.39 is 0 Å². The second-order valence-corrected chi connectivity index (χ2v) is 4.58. The fourth-order valence-electron chi connectivity index (χ4n) is 2.06. The molecule has 0 fully saturated rings. The van der Waals surface area contributed by atoms with Crippen LogP contribution in [0.4, 0.5) is 10.2 Å². The number of halogens is 1. The standard InChI is InChI=1S/C17H14FN3/c1-19-16-11-15(12-7-9-14(18)10-8-12)20-17(21-16)13-5-3-2-4-6-13/h2-11H,1H3,(H,19,20,21). The van der Waals surface area contributed by atoms with Crippen LogP contribution >= 0.6 is 0 Å². The molecule has 0 saturated heterocycles. The second-order valence-electron chi connectivity index (χ2n) is 4.58. The Hall–Kier alpha value is -2.75. The van der Waals surface area contributed by atoms with Gasteiger partial charge in [-0.25, -0.2) is 14.4 Å². The highest BCUT2D eigenvalue weighted by atomic mass is 19.1. The summed E-state index contributed by atoms with van der Waals surface area (Å²) in [6.07, 6.45) is 0. The Bertz CT molecular complexity index is 740. The van der Waals surface area contributed by atoms with Crippen LogP contribution in [0.25, 0.3) is 22.6 Å². The van der Waals surface area contributed by atoms with E-state index in [1.54, 1.807) is 12.1 Å². The van der Waals surface area contributed by atoms with E-state index in [-0.39, 0.29) is 5.82 Å². The molecule has 21 heavy (non-hydrogen) atoms. The van der Waals surface area contributed by atoms with Gasteiger partial charge in [0, 0.05) is 24.2 Å². The first-order valence-electron chi connectivity index (χ1n) is 6.64. The van der Waals surface area contributed by atoms with Gasteiger partial charge in [-0.1, -0.05) is 30.3 Å². The Balaban J connectivity index is 2.11. The Morgan fingerprint density at radius 2 is 1.57 bits per heavy atom. The molecule has 2 aromatic carbocycles. The van der Waals surface area contributed by atoms with E-state index in [9.17, 15) is 4.39 Å². The third-order valence-electron chi connectivity index (χ3n) is 3.15. The molecule has 0 atom stereocenters. The zero-order valence-electron chi connectivity index (χ0n) is 11.5. The van der Waals surface area contributed by atoms with E-state index in [4.69, 9.17) is 0 Å². The first-order valence-corrected chi connectivity index (χ1v) is 6.64. The van der Waals surface area contributed by atoms with E-state index >= 15 is 0 Å². The third-order valence-corrected chi connectivity index (χ3v) is 3.15. The first kappa shape index (κ1) is 13.2. The van der Waals surface area contributed by atoms with Gasteiger partial charge in [0.05, 0.1) is 5.69 Å². The number of aromatic nitrogens is 2. The van der Waals surface area contributed by atoms with Gasteiger partial charge in [0.25, 0.3) is 0 Å². The Kier molecular flexibility index (Phi) is 3.60. The fraction of sp³-hybridized carbons (Fsp3) is 0.0588. The summed E-state index contributed by atoms with van der Waals surface area (Å²) in [5.74, 6) is 1.11. The normalized spacial score (nSPS) is 10.4. The quantitative estimate of drug-likeness (QED) is 0.787. The lowest BCUT2D eigenvalue weighted by Gasteiger charge is -2.08. The van der Waals surface area contributed by atoms with Crippen molar-refractivity contribution in [2.24, 2.45) is 0 Å². The molecule has 0 bridgehead atoms. The lowest BCUT2D eigenvalue weighted by atomic mass is 10.1. The van der Waals surface area contributed by atoms with Crippen molar-refractivity contribution in [2.75, 3.05) is 12.4 Å². The van der Waals surface area contributed by atoms with Crippen LogP contribution in [0.15, 0.2) is 60.7 Å². The highest BCUT2D eigenvalue weighted by Gasteiger charge is 2.08. The molecular weight excluding hydrogens is 265 g/mol. The van der Waals surface area contributed by atoms with Crippen molar-refractivity contribution in [1.82, 2.24) is 9.97 Å². The largest absolute Gasteiger partial charge is 0.373 e. The lowest BCUT2D eigenvalue weighted by Crippen LogP contribution is -1.98. The molecule has 0 unspecified atom stereocenters. The van der Waals surface area contributed by atoms with E-state index in [2.05, 4.69) is 15.3 Å². The lowest BCUT2D eigenvalue weighted by molar-refractivity contribution is 0.628. The summed E-state index contributed by atoms with van der Waals surface area (Å²) in [6, 6.07) is 17.9. The molecule has 3 aromatic rings. The van der Waals surface area contributed by atoms with Gasteiger partial charge < -0.3 is 5.32 Å². The summed E-state index contributed by atoms with van der Waals surface area (Å²) in [5, 5.41) is 3.03. The molecule has 0 spiro atoms. The van der Waals surface area contributed by atoms with Crippen molar-refractivity contribution < 1.29 is 4.39 Å². The predicted octanol–water partition coefficient (Wildman–Crippen LogP) is 3.99. The third kappa shape index (κ3) is 2.89. The molecule has 3 nitrogen and oxygen atoms in total. The molecule has 0 amide bonds. The minimum Gasteiger partial charge on any atom is -0.373 e. The van der Waals surface area contributed by atoms with Crippen LogP contribution in [-0.2, 0) is 0 Å². The number of anilines is 1. The average molecular weight is 279 g/mol. The van der Waals surface area contributed by atoms with Gasteiger partial charge in [-0.05, 0) is 24.3 Å². The Morgan fingerprint density at radius 3 is 2.24 bits per heavy atom. The maximum Gasteiger partial charge on any atom is 0.162 e. The summed E-state index contributed by atoms with van der Waals surface area (Å²) in [6.45, 7) is 0. The second kappa shape index (κ2) is 5.71. The van der Waals surface area contributed by atoms with Crippen molar-refractivity contribution >= 4 is 5.82 Å². The maximum absolute atomic E-state index is 13.0. The zero-order chi connectivity index (χ0) is 14.7. The number of nitrogens with one attached hydrogen (secondary N) is 1. The van der Waals surface area contributed by atoms with Crippen LogP contribution in [0.1, 0.15) is 0 Å². The molecule has 3 rings (SSSR count). The maximum atomic E-state index is 13.0. The van der Waals surface area contributed by atoms with E-state index in [1.807, 2.05) is 43.4 Å². The number of nitrogens with zero attached hydrogens (tertiary/aromatic N) is 2. The first-order chi connectivity index (χ1) is 10.3. The number of hydrogen-bond acceptors (Lipinski definition) is 3. The topological polar surface area (TPSA) is 37.8 Å². The molecule has 0 aliphatic heterocycles. The molecule has 0 radical (unpaired) electrons. The van der Waals surface area contributed by atoms with Crippen LogP contribution in [0.5, 0.6) is 0 Å². The summed E-state index contributed by atoms with van der Waals surface area (Å²) in [5.41, 5.74) is 2.55. The number of rotatable bonds is 3. The molecule has 1 heterocycles. The molecule has 0 aliphatic carbocycles. The van der Waals surface area contributed by atoms with Gasteiger partial charge in [-0.2, -0.15) is 0 Å². The van der Waals surface area contributed by atoms with Gasteiger partial charge in [0.2, 0.25) is 0 Å². The molecule has 4 heteroatoms. The van der Waals surface area contributed by atoms with Gasteiger partial charge in [-0.15, -0.1) is 0 Å². The molecule has 1 aromatic heterocycles. The van der Waals surface area contributed by atoms with Crippen molar-refractivity contribution in [2.45, 2.75) is 0 Å². The van der Waals surface area contributed by atoms with Gasteiger partial charge >= 0.3 is 0 Å². The van der Waals surface area contributed by atoms with Crippen molar-refractivity contribution in [3.8, 4) is 22.6 Å². The summed E-state index contributed by atoms with van der Waals surface area (Å²) in [7, 11) is 1.81. The zero-order valence-corrected chi connectivity index (χ0v) is 11.5. The van der Waals surface area contributed by atoms with Gasteiger partial charge in [-0.3, -0.25) is 0 Å². The number of benzene rings is 2. The smallest absolute Gasteiger partial charge is 0.162 e. The van der Waals surface area contributed by atoms with Crippen LogP contribution in [-0.4, -0.2) is 17.0 Å². The minimum atomic E-state index is -0.259. The van der Waals surface area contributed by atoms with Gasteiger partial charge in [0.1, 0.15) is 11.6 Å². The van der Waals surface area contributed by atoms with Crippen LogP contribution in [0.2, 0.25) is 0 Å². The molecule has 1 N–H and O–H groups in total. The molecule has 0 aliphatic rings. The van der Waals surface area contributed by atoms with Gasteiger partial charge in [0.15, 0.2) is 5.82 Å². The van der Waals surface area contributed by atoms with Crippen LogP contribution < -0.4 is 5.32 Å². The van der Waals surface area contributed by atoms with E-state index in [0.29, 0.717) is 5.82 Å². The van der Waals surface area contributed by atoms with Crippen molar-refractivity contribution in [3.63, 3.8) is 0 Å². The summed E-state index contributed by atoms with van der Waals surface area (Å²) >= 11 is 0. The highest BCUT2D eigenvalue weighted by molar-refractivity contribution is 5.67. The Morgan fingerprint density at radius 1 is 0.857 bits per heavy atom. The van der Waals surface area contributed by atoms with E-state index in [0.717, 1.165) is 22.6 Å². The highest BCUT2D eigenvalue weighted by Crippen LogP contribution is 2.24. The molecule has 0 saturated carbocycles. The van der Waals surface area contributed by atoms with Crippen molar-refractivity contribution in [1.29, 1.82) is 0 Å². The minimum absolute atomic E-state index is 0.259. The van der Waals surface area contributed by atoms with E-state index in [1.165, 1.54) is 12.1 Å².